The van der Waals surface area contributed by atoms with E-state index in [-0.39, 0.29) is 12.3 Å². The van der Waals surface area contributed by atoms with Crippen molar-refractivity contribution >= 4 is 5.97 Å². The Bertz CT molecular complexity index is 441. The summed E-state index contributed by atoms with van der Waals surface area (Å²) in [5.74, 6) is 0.148. The van der Waals surface area contributed by atoms with Gasteiger partial charge in [-0.25, -0.2) is 0 Å². The second kappa shape index (κ2) is 5.87. The summed E-state index contributed by atoms with van der Waals surface area (Å²) in [5, 5.41) is 8.84. The minimum atomic E-state index is -0.892. The number of rotatable bonds is 5. The highest BCUT2D eigenvalue weighted by Gasteiger charge is 2.20. The Kier molecular flexibility index (Phi) is 4.73. The molecule has 0 spiro atoms. The van der Waals surface area contributed by atoms with Crippen molar-refractivity contribution in [2.45, 2.75) is 39.2 Å². The van der Waals surface area contributed by atoms with E-state index in [4.69, 9.17) is 15.6 Å². The van der Waals surface area contributed by atoms with Crippen LogP contribution in [-0.4, -0.2) is 18.2 Å². The Morgan fingerprint density at radius 3 is 2.50 bits per heavy atom. The molecule has 3 N–H and O–H groups in total. The number of benzene rings is 1. The molecule has 1 aromatic rings. The quantitative estimate of drug-likeness (QED) is 0.843. The summed E-state index contributed by atoms with van der Waals surface area (Å²) in [7, 11) is 1.63. The first-order valence-electron chi connectivity index (χ1n) is 6.03. The standard InChI is InChI=1S/C14H21NO3/c1-8(2)13-10(11(15)7-12(16)17)6-5-9(3)14(13)18-4/h5-6,8,11H,7,15H2,1-4H3,(H,16,17). The van der Waals surface area contributed by atoms with Crippen LogP contribution in [0.2, 0.25) is 0 Å². The molecule has 18 heavy (non-hydrogen) atoms. The van der Waals surface area contributed by atoms with Crippen molar-refractivity contribution in [2.75, 3.05) is 7.11 Å². The van der Waals surface area contributed by atoms with Gasteiger partial charge in [0.2, 0.25) is 0 Å². The highest BCUT2D eigenvalue weighted by atomic mass is 16.5. The summed E-state index contributed by atoms with van der Waals surface area (Å²) < 4.78 is 5.43. The van der Waals surface area contributed by atoms with Crippen LogP contribution in [-0.2, 0) is 4.79 Å². The van der Waals surface area contributed by atoms with E-state index in [0.29, 0.717) is 0 Å². The highest BCUT2D eigenvalue weighted by molar-refractivity contribution is 5.68. The lowest BCUT2D eigenvalue weighted by Gasteiger charge is -2.22. The van der Waals surface area contributed by atoms with Gasteiger partial charge in [-0.3, -0.25) is 4.79 Å². The van der Waals surface area contributed by atoms with Gasteiger partial charge >= 0.3 is 5.97 Å². The van der Waals surface area contributed by atoms with Crippen molar-refractivity contribution in [2.24, 2.45) is 5.73 Å². The summed E-state index contributed by atoms with van der Waals surface area (Å²) in [6.45, 7) is 6.07. The number of aryl methyl sites for hydroxylation is 1. The molecule has 0 aliphatic heterocycles. The Labute approximate surface area is 108 Å². The average Bonchev–Trinajstić information content (AvgIpc) is 2.27. The molecule has 1 atom stereocenters. The number of ether oxygens (including phenoxy) is 1. The van der Waals surface area contributed by atoms with Crippen molar-refractivity contribution in [1.29, 1.82) is 0 Å². The summed E-state index contributed by atoms with van der Waals surface area (Å²) in [6.07, 6.45) is -0.0774. The van der Waals surface area contributed by atoms with Crippen molar-refractivity contribution in [3.63, 3.8) is 0 Å². The van der Waals surface area contributed by atoms with E-state index < -0.39 is 12.0 Å². The smallest absolute Gasteiger partial charge is 0.305 e. The summed E-state index contributed by atoms with van der Waals surface area (Å²) in [5.41, 5.74) is 8.87. The van der Waals surface area contributed by atoms with Crippen LogP contribution in [0, 0.1) is 6.92 Å². The number of aliphatic carboxylic acids is 1. The van der Waals surface area contributed by atoms with E-state index in [1.165, 1.54) is 0 Å². The van der Waals surface area contributed by atoms with Gasteiger partial charge in [-0.1, -0.05) is 26.0 Å². The van der Waals surface area contributed by atoms with Crippen LogP contribution in [0.15, 0.2) is 12.1 Å². The van der Waals surface area contributed by atoms with Crippen molar-refractivity contribution in [3.05, 3.63) is 28.8 Å². The normalized spacial score (nSPS) is 12.6. The summed E-state index contributed by atoms with van der Waals surface area (Å²) >= 11 is 0. The molecule has 0 heterocycles. The molecule has 4 nitrogen and oxygen atoms in total. The zero-order chi connectivity index (χ0) is 13.9. The van der Waals surface area contributed by atoms with E-state index in [1.54, 1.807) is 7.11 Å². The van der Waals surface area contributed by atoms with Gasteiger partial charge in [-0.2, -0.15) is 0 Å². The predicted molar refractivity (Wildman–Crippen MR) is 71.0 cm³/mol. The maximum absolute atomic E-state index is 10.8. The Hall–Kier alpha value is -1.55. The van der Waals surface area contributed by atoms with Crippen LogP contribution in [0.4, 0.5) is 0 Å². The number of carboxylic acid groups (broad SMARTS) is 1. The summed E-state index contributed by atoms with van der Waals surface area (Å²) in [4.78, 5) is 10.8. The molecule has 0 saturated heterocycles. The minimum absolute atomic E-state index is 0.0774. The first-order chi connectivity index (χ1) is 8.38. The zero-order valence-corrected chi connectivity index (χ0v) is 11.4. The third kappa shape index (κ3) is 3.01. The van der Waals surface area contributed by atoms with E-state index in [0.717, 1.165) is 22.4 Å². The molecule has 1 rings (SSSR count). The van der Waals surface area contributed by atoms with Crippen molar-refractivity contribution in [3.8, 4) is 5.75 Å². The second-order valence-corrected chi connectivity index (χ2v) is 4.78. The van der Waals surface area contributed by atoms with Crippen LogP contribution >= 0.6 is 0 Å². The van der Waals surface area contributed by atoms with Gasteiger partial charge in [0.15, 0.2) is 0 Å². The van der Waals surface area contributed by atoms with Crippen molar-refractivity contribution in [1.82, 2.24) is 0 Å². The van der Waals surface area contributed by atoms with Gasteiger partial charge in [0, 0.05) is 11.6 Å². The minimum Gasteiger partial charge on any atom is -0.496 e. The van der Waals surface area contributed by atoms with Gasteiger partial charge in [-0.05, 0) is 24.0 Å². The molecule has 0 aliphatic carbocycles. The monoisotopic (exact) mass is 251 g/mol. The lowest BCUT2D eigenvalue weighted by atomic mass is 9.89. The van der Waals surface area contributed by atoms with E-state index in [2.05, 4.69) is 0 Å². The molecule has 0 saturated carbocycles. The van der Waals surface area contributed by atoms with E-state index >= 15 is 0 Å². The maximum atomic E-state index is 10.8. The SMILES string of the molecule is COc1c(C)ccc(C(N)CC(=O)O)c1C(C)C. The molecule has 0 bridgehead atoms. The van der Waals surface area contributed by atoms with Gasteiger partial charge in [0.25, 0.3) is 0 Å². The molecule has 0 fully saturated rings. The number of carboxylic acids is 1. The molecule has 0 aromatic heterocycles. The van der Waals surface area contributed by atoms with E-state index in [9.17, 15) is 4.79 Å². The first-order valence-corrected chi connectivity index (χ1v) is 6.03. The van der Waals surface area contributed by atoms with Crippen LogP contribution in [0.3, 0.4) is 0 Å². The molecule has 0 aliphatic rings. The molecule has 0 radical (unpaired) electrons. The number of hydrogen-bond acceptors (Lipinski definition) is 3. The van der Waals surface area contributed by atoms with Gasteiger partial charge in [-0.15, -0.1) is 0 Å². The summed E-state index contributed by atoms with van der Waals surface area (Å²) in [6, 6.07) is 3.32. The molecular weight excluding hydrogens is 230 g/mol. The number of nitrogens with two attached hydrogens (primary N) is 1. The van der Waals surface area contributed by atoms with Crippen LogP contribution in [0.25, 0.3) is 0 Å². The van der Waals surface area contributed by atoms with E-state index in [1.807, 2.05) is 32.9 Å². The molecule has 0 amide bonds. The Balaban J connectivity index is 3.30. The number of carbonyl (C=O) groups is 1. The lowest BCUT2D eigenvalue weighted by molar-refractivity contribution is -0.137. The van der Waals surface area contributed by atoms with Crippen molar-refractivity contribution < 1.29 is 14.6 Å². The first kappa shape index (κ1) is 14.5. The highest BCUT2D eigenvalue weighted by Crippen LogP contribution is 2.35. The van der Waals surface area contributed by atoms with Gasteiger partial charge in [0.1, 0.15) is 5.75 Å². The number of methoxy groups -OCH3 is 1. The number of hydrogen-bond donors (Lipinski definition) is 2. The Morgan fingerprint density at radius 2 is 2.06 bits per heavy atom. The van der Waals surface area contributed by atoms with Gasteiger partial charge < -0.3 is 15.6 Å². The fourth-order valence-electron chi connectivity index (χ4n) is 2.21. The lowest BCUT2D eigenvalue weighted by Crippen LogP contribution is -2.18. The zero-order valence-electron chi connectivity index (χ0n) is 11.4. The van der Waals surface area contributed by atoms with Gasteiger partial charge in [0.05, 0.1) is 13.5 Å². The molecule has 100 valence electrons. The fourth-order valence-corrected chi connectivity index (χ4v) is 2.21. The second-order valence-electron chi connectivity index (χ2n) is 4.78. The largest absolute Gasteiger partial charge is 0.496 e. The van der Waals surface area contributed by atoms with Crippen LogP contribution in [0.1, 0.15) is 48.9 Å². The molecule has 1 unspecified atom stereocenters. The Morgan fingerprint density at radius 1 is 1.44 bits per heavy atom. The molecule has 1 aromatic carbocycles. The molecule has 4 heteroatoms. The van der Waals surface area contributed by atoms with Crippen LogP contribution < -0.4 is 10.5 Å². The third-order valence-corrected chi connectivity index (χ3v) is 3.00. The maximum Gasteiger partial charge on any atom is 0.305 e. The fraction of sp³-hybridized carbons (Fsp3) is 0.500. The predicted octanol–water partition coefficient (Wildman–Crippen LogP) is 2.60. The third-order valence-electron chi connectivity index (χ3n) is 3.00. The topological polar surface area (TPSA) is 72.5 Å². The van der Waals surface area contributed by atoms with Crippen LogP contribution in [0.5, 0.6) is 5.75 Å². The molecular formula is C14H21NO3. The average molecular weight is 251 g/mol.